The molecule has 30 heavy (non-hydrogen) atoms. The number of halogens is 2. The number of hydrogen-bond donors (Lipinski definition) is 1. The van der Waals surface area contributed by atoms with Gasteiger partial charge in [-0.3, -0.25) is 0 Å². The minimum atomic E-state index is -3.84. The van der Waals surface area contributed by atoms with E-state index >= 15 is 0 Å². The highest BCUT2D eigenvalue weighted by Gasteiger charge is 2.32. The molecule has 1 saturated heterocycles. The van der Waals surface area contributed by atoms with Crippen molar-refractivity contribution in [1.82, 2.24) is 14.5 Å². The van der Waals surface area contributed by atoms with Gasteiger partial charge < -0.3 is 15.0 Å². The van der Waals surface area contributed by atoms with Gasteiger partial charge in [0.25, 0.3) is 0 Å². The Morgan fingerprint density at radius 3 is 2.30 bits per heavy atom. The molecule has 2 amide bonds. The molecule has 0 spiro atoms. The number of aryl methyl sites for hydroxylation is 1. The van der Waals surface area contributed by atoms with Gasteiger partial charge in [0, 0.05) is 26.2 Å². The van der Waals surface area contributed by atoms with Crippen LogP contribution in [0.25, 0.3) is 0 Å². The normalized spacial score (nSPS) is 15.1. The standard InChI is InChI=1S/C20H23Cl2N3O4S/c1-15-5-2-3-8-18(15)29-14-9-23-20(26)24-10-12-25(13-11-24)30(27,28)19-16(21)6-4-7-17(19)22/h2-8H,9-14H2,1H3,(H,23,26). The van der Waals surface area contributed by atoms with Gasteiger partial charge in [-0.1, -0.05) is 47.5 Å². The number of ether oxygens (including phenoxy) is 1. The number of carbonyl (C=O) groups is 1. The lowest BCUT2D eigenvalue weighted by Crippen LogP contribution is -2.53. The first kappa shape index (κ1) is 22.7. The molecule has 0 aromatic heterocycles. The molecule has 0 radical (unpaired) electrons. The Labute approximate surface area is 186 Å². The van der Waals surface area contributed by atoms with Gasteiger partial charge in [-0.15, -0.1) is 0 Å². The number of carbonyl (C=O) groups excluding carboxylic acids is 1. The van der Waals surface area contributed by atoms with Crippen molar-refractivity contribution < 1.29 is 17.9 Å². The van der Waals surface area contributed by atoms with Gasteiger partial charge in [-0.05, 0) is 30.7 Å². The van der Waals surface area contributed by atoms with Crippen LogP contribution in [0.5, 0.6) is 5.75 Å². The zero-order valence-electron chi connectivity index (χ0n) is 16.5. The first-order valence-corrected chi connectivity index (χ1v) is 11.7. The number of nitrogens with zero attached hydrogens (tertiary/aromatic N) is 2. The molecule has 0 unspecified atom stereocenters. The molecule has 3 rings (SSSR count). The molecular formula is C20H23Cl2N3O4S. The highest BCUT2D eigenvalue weighted by Crippen LogP contribution is 2.31. The lowest BCUT2D eigenvalue weighted by Gasteiger charge is -2.34. The van der Waals surface area contributed by atoms with E-state index in [4.69, 9.17) is 27.9 Å². The number of amides is 2. The van der Waals surface area contributed by atoms with E-state index < -0.39 is 10.0 Å². The summed E-state index contributed by atoms with van der Waals surface area (Å²) in [7, 11) is -3.84. The molecule has 0 bridgehead atoms. The van der Waals surface area contributed by atoms with Crippen LogP contribution in [0.2, 0.25) is 10.0 Å². The quantitative estimate of drug-likeness (QED) is 0.654. The molecule has 2 aromatic rings. The van der Waals surface area contributed by atoms with E-state index in [0.717, 1.165) is 11.3 Å². The van der Waals surface area contributed by atoms with Crippen molar-refractivity contribution in [2.24, 2.45) is 0 Å². The van der Waals surface area contributed by atoms with E-state index in [9.17, 15) is 13.2 Å². The monoisotopic (exact) mass is 471 g/mol. The predicted octanol–water partition coefficient (Wildman–Crippen LogP) is 3.40. The van der Waals surface area contributed by atoms with Crippen molar-refractivity contribution in [3.63, 3.8) is 0 Å². The van der Waals surface area contributed by atoms with Gasteiger partial charge in [0.05, 0.1) is 16.6 Å². The first-order valence-electron chi connectivity index (χ1n) is 9.46. The summed E-state index contributed by atoms with van der Waals surface area (Å²) in [4.78, 5) is 13.8. The predicted molar refractivity (Wildman–Crippen MR) is 117 cm³/mol. The van der Waals surface area contributed by atoms with Crippen molar-refractivity contribution in [2.75, 3.05) is 39.3 Å². The van der Waals surface area contributed by atoms with E-state index in [-0.39, 0.29) is 47.2 Å². The fourth-order valence-electron chi connectivity index (χ4n) is 3.14. The molecule has 7 nitrogen and oxygen atoms in total. The minimum absolute atomic E-state index is 0.0799. The summed E-state index contributed by atoms with van der Waals surface area (Å²) in [6, 6.07) is 12.0. The van der Waals surface area contributed by atoms with Crippen molar-refractivity contribution in [1.29, 1.82) is 0 Å². The second kappa shape index (κ2) is 9.87. The lowest BCUT2D eigenvalue weighted by molar-refractivity contribution is 0.170. The molecule has 1 aliphatic rings. The molecule has 0 saturated carbocycles. The number of sulfonamides is 1. The fraction of sp³-hybridized carbons (Fsp3) is 0.350. The maximum absolute atomic E-state index is 12.9. The largest absolute Gasteiger partial charge is 0.491 e. The average Bonchev–Trinajstić information content (AvgIpc) is 2.72. The fourth-order valence-corrected chi connectivity index (χ4v) is 5.65. The first-order chi connectivity index (χ1) is 14.3. The molecule has 1 aliphatic heterocycles. The van der Waals surface area contributed by atoms with E-state index in [0.29, 0.717) is 13.2 Å². The SMILES string of the molecule is Cc1ccccc1OCCNC(=O)N1CCN(S(=O)(=O)c2c(Cl)cccc2Cl)CC1. The van der Waals surface area contributed by atoms with Crippen molar-refractivity contribution in [3.05, 3.63) is 58.1 Å². The third-order valence-electron chi connectivity index (χ3n) is 4.77. The molecule has 1 N–H and O–H groups in total. The van der Waals surface area contributed by atoms with Crippen LogP contribution < -0.4 is 10.1 Å². The van der Waals surface area contributed by atoms with Crippen LogP contribution in [0, 0.1) is 6.92 Å². The van der Waals surface area contributed by atoms with Gasteiger partial charge >= 0.3 is 6.03 Å². The van der Waals surface area contributed by atoms with Gasteiger partial charge in [-0.25, -0.2) is 13.2 Å². The number of hydrogen-bond acceptors (Lipinski definition) is 4. The van der Waals surface area contributed by atoms with Crippen molar-refractivity contribution in [2.45, 2.75) is 11.8 Å². The number of para-hydroxylation sites is 1. The Morgan fingerprint density at radius 1 is 1.03 bits per heavy atom. The van der Waals surface area contributed by atoms with Crippen LogP contribution in [0.4, 0.5) is 4.79 Å². The smallest absolute Gasteiger partial charge is 0.317 e. The second-order valence-corrected chi connectivity index (χ2v) is 9.48. The van der Waals surface area contributed by atoms with E-state index in [1.807, 2.05) is 31.2 Å². The molecule has 10 heteroatoms. The summed E-state index contributed by atoms with van der Waals surface area (Å²) in [5.74, 6) is 0.781. The summed E-state index contributed by atoms with van der Waals surface area (Å²) in [5.41, 5.74) is 1.03. The van der Waals surface area contributed by atoms with Gasteiger partial charge in [0.15, 0.2) is 0 Å². The third kappa shape index (κ3) is 5.18. The highest BCUT2D eigenvalue weighted by molar-refractivity contribution is 7.89. The number of piperazine rings is 1. The maximum Gasteiger partial charge on any atom is 0.317 e. The maximum atomic E-state index is 12.9. The van der Waals surface area contributed by atoms with Crippen LogP contribution in [0.3, 0.4) is 0 Å². The van der Waals surface area contributed by atoms with E-state index in [1.165, 1.54) is 16.4 Å². The number of urea groups is 1. The Balaban J connectivity index is 1.49. The summed E-state index contributed by atoms with van der Waals surface area (Å²) < 4.78 is 32.8. The van der Waals surface area contributed by atoms with E-state index in [1.54, 1.807) is 11.0 Å². The minimum Gasteiger partial charge on any atom is -0.491 e. The van der Waals surface area contributed by atoms with Crippen LogP contribution in [-0.2, 0) is 10.0 Å². The van der Waals surface area contributed by atoms with Gasteiger partial charge in [0.2, 0.25) is 10.0 Å². The Kier molecular flexibility index (Phi) is 7.46. The molecule has 0 aliphatic carbocycles. The number of rotatable bonds is 6. The van der Waals surface area contributed by atoms with Crippen LogP contribution in [0.1, 0.15) is 5.56 Å². The molecule has 162 valence electrons. The third-order valence-corrected chi connectivity index (χ3v) is 7.63. The summed E-state index contributed by atoms with van der Waals surface area (Å²) in [6.07, 6.45) is 0. The summed E-state index contributed by atoms with van der Waals surface area (Å²) in [5, 5.41) is 2.96. The number of benzene rings is 2. The average molecular weight is 472 g/mol. The van der Waals surface area contributed by atoms with Crippen molar-refractivity contribution >= 4 is 39.3 Å². The van der Waals surface area contributed by atoms with Crippen molar-refractivity contribution in [3.8, 4) is 5.75 Å². The summed E-state index contributed by atoms with van der Waals surface area (Å²) >= 11 is 12.1. The highest BCUT2D eigenvalue weighted by atomic mass is 35.5. The molecule has 1 heterocycles. The Bertz CT molecular complexity index is 989. The van der Waals surface area contributed by atoms with Crippen LogP contribution in [-0.4, -0.2) is 63.0 Å². The number of nitrogens with one attached hydrogen (secondary N) is 1. The molecular weight excluding hydrogens is 449 g/mol. The molecule has 0 atom stereocenters. The van der Waals surface area contributed by atoms with Crippen LogP contribution in [0.15, 0.2) is 47.4 Å². The van der Waals surface area contributed by atoms with Gasteiger partial charge in [0.1, 0.15) is 17.3 Å². The Hall–Kier alpha value is -2.00. The second-order valence-electron chi connectivity index (χ2n) is 6.79. The molecule has 2 aromatic carbocycles. The van der Waals surface area contributed by atoms with Crippen LogP contribution >= 0.6 is 23.2 Å². The molecule has 1 fully saturated rings. The van der Waals surface area contributed by atoms with E-state index in [2.05, 4.69) is 5.32 Å². The lowest BCUT2D eigenvalue weighted by atomic mass is 10.2. The zero-order valence-corrected chi connectivity index (χ0v) is 18.8. The Morgan fingerprint density at radius 2 is 1.67 bits per heavy atom. The topological polar surface area (TPSA) is 79.0 Å². The zero-order chi connectivity index (χ0) is 21.7. The van der Waals surface area contributed by atoms with Gasteiger partial charge in [-0.2, -0.15) is 4.31 Å². The summed E-state index contributed by atoms with van der Waals surface area (Å²) in [6.45, 7) is 3.51.